The molecule has 1 aromatic rings. The minimum Gasteiger partial charge on any atom is -0.367 e. The molecule has 5 nitrogen and oxygen atoms in total. The average molecular weight is 382 g/mol. The SMILES string of the molecule is CCN(CC)CCCCNC(=NC)NC1CCN(c2ccc(F)cc2F)C1. The third-order valence-corrected chi connectivity index (χ3v) is 5.09. The van der Waals surface area contributed by atoms with Gasteiger partial charge in [-0.05, 0) is 51.0 Å². The van der Waals surface area contributed by atoms with Gasteiger partial charge >= 0.3 is 0 Å². The first-order chi connectivity index (χ1) is 13.1. The van der Waals surface area contributed by atoms with Crippen molar-refractivity contribution in [1.29, 1.82) is 0 Å². The summed E-state index contributed by atoms with van der Waals surface area (Å²) in [4.78, 5) is 8.66. The third kappa shape index (κ3) is 6.65. The Morgan fingerprint density at radius 3 is 2.70 bits per heavy atom. The minimum atomic E-state index is -0.546. The number of halogens is 2. The first-order valence-electron chi connectivity index (χ1n) is 9.96. The molecule has 0 radical (unpaired) electrons. The number of benzene rings is 1. The highest BCUT2D eigenvalue weighted by molar-refractivity contribution is 5.80. The fourth-order valence-electron chi connectivity index (χ4n) is 3.43. The number of rotatable bonds is 9. The molecule has 0 bridgehead atoms. The van der Waals surface area contributed by atoms with Crippen LogP contribution in [-0.2, 0) is 0 Å². The lowest BCUT2D eigenvalue weighted by atomic mass is 10.2. The van der Waals surface area contributed by atoms with Gasteiger partial charge in [-0.2, -0.15) is 0 Å². The van der Waals surface area contributed by atoms with Crippen LogP contribution < -0.4 is 15.5 Å². The quantitative estimate of drug-likeness (QED) is 0.392. The molecule has 1 fully saturated rings. The monoisotopic (exact) mass is 381 g/mol. The maximum Gasteiger partial charge on any atom is 0.191 e. The summed E-state index contributed by atoms with van der Waals surface area (Å²) in [6.07, 6.45) is 3.14. The van der Waals surface area contributed by atoms with Crippen LogP contribution in [0.1, 0.15) is 33.1 Å². The molecule has 2 N–H and O–H groups in total. The molecule has 1 aromatic carbocycles. The molecule has 1 heterocycles. The number of hydrogen-bond acceptors (Lipinski definition) is 3. The number of hydrogen-bond donors (Lipinski definition) is 2. The van der Waals surface area contributed by atoms with Gasteiger partial charge in [0, 0.05) is 38.8 Å². The fourth-order valence-corrected chi connectivity index (χ4v) is 3.43. The van der Waals surface area contributed by atoms with E-state index in [1.165, 1.54) is 12.1 Å². The van der Waals surface area contributed by atoms with Crippen molar-refractivity contribution in [3.63, 3.8) is 0 Å². The van der Waals surface area contributed by atoms with Gasteiger partial charge in [0.25, 0.3) is 0 Å². The van der Waals surface area contributed by atoms with E-state index in [1.54, 1.807) is 7.05 Å². The van der Waals surface area contributed by atoms with E-state index in [4.69, 9.17) is 0 Å². The molecular formula is C20H33F2N5. The van der Waals surface area contributed by atoms with Crippen molar-refractivity contribution in [1.82, 2.24) is 15.5 Å². The van der Waals surface area contributed by atoms with Gasteiger partial charge in [-0.15, -0.1) is 0 Å². The van der Waals surface area contributed by atoms with E-state index in [1.807, 2.05) is 4.90 Å². The van der Waals surface area contributed by atoms with Crippen molar-refractivity contribution in [3.8, 4) is 0 Å². The molecule has 0 amide bonds. The van der Waals surface area contributed by atoms with Gasteiger partial charge < -0.3 is 20.4 Å². The van der Waals surface area contributed by atoms with E-state index in [2.05, 4.69) is 34.4 Å². The van der Waals surface area contributed by atoms with Crippen molar-refractivity contribution in [2.24, 2.45) is 4.99 Å². The predicted molar refractivity (Wildman–Crippen MR) is 108 cm³/mol. The number of guanidine groups is 1. The van der Waals surface area contributed by atoms with Gasteiger partial charge in [-0.25, -0.2) is 8.78 Å². The summed E-state index contributed by atoms with van der Waals surface area (Å²) in [5.41, 5.74) is 0.458. The summed E-state index contributed by atoms with van der Waals surface area (Å²) in [5.74, 6) is -0.272. The lowest BCUT2D eigenvalue weighted by molar-refractivity contribution is 0.297. The number of unbranched alkanes of at least 4 members (excludes halogenated alkanes) is 1. The molecule has 1 aliphatic rings. The second-order valence-corrected chi connectivity index (χ2v) is 6.90. The van der Waals surface area contributed by atoms with Crippen LogP contribution in [0.2, 0.25) is 0 Å². The molecule has 152 valence electrons. The topological polar surface area (TPSA) is 42.9 Å². The number of nitrogens with zero attached hydrogens (tertiary/aromatic N) is 3. The summed E-state index contributed by atoms with van der Waals surface area (Å²) in [6, 6.07) is 3.94. The number of aliphatic imine (C=N–C) groups is 1. The van der Waals surface area contributed by atoms with Crippen LogP contribution in [0.4, 0.5) is 14.5 Å². The van der Waals surface area contributed by atoms with Crippen LogP contribution in [0.25, 0.3) is 0 Å². The Hall–Kier alpha value is -1.89. The van der Waals surface area contributed by atoms with Crippen LogP contribution >= 0.6 is 0 Å². The molecule has 1 aliphatic heterocycles. The minimum absolute atomic E-state index is 0.191. The Balaban J connectivity index is 1.72. The zero-order chi connectivity index (χ0) is 19.6. The number of anilines is 1. The summed E-state index contributed by atoms with van der Waals surface area (Å²) >= 11 is 0. The predicted octanol–water partition coefficient (Wildman–Crippen LogP) is 2.83. The molecule has 0 aromatic heterocycles. The normalized spacial score (nSPS) is 17.6. The molecule has 0 aliphatic carbocycles. The molecule has 0 saturated carbocycles. The smallest absolute Gasteiger partial charge is 0.191 e. The summed E-state index contributed by atoms with van der Waals surface area (Å²) in [5, 5.41) is 6.77. The van der Waals surface area contributed by atoms with Crippen molar-refractivity contribution < 1.29 is 8.78 Å². The molecule has 1 saturated heterocycles. The van der Waals surface area contributed by atoms with E-state index in [0.29, 0.717) is 12.2 Å². The van der Waals surface area contributed by atoms with Gasteiger partial charge in [-0.1, -0.05) is 13.8 Å². The van der Waals surface area contributed by atoms with Crippen LogP contribution in [-0.4, -0.2) is 63.2 Å². The van der Waals surface area contributed by atoms with Crippen LogP contribution in [0.15, 0.2) is 23.2 Å². The summed E-state index contributed by atoms with van der Waals surface area (Å²) < 4.78 is 27.1. The lowest BCUT2D eigenvalue weighted by Crippen LogP contribution is -2.45. The largest absolute Gasteiger partial charge is 0.367 e. The molecule has 1 unspecified atom stereocenters. The van der Waals surface area contributed by atoms with Gasteiger partial charge in [0.05, 0.1) is 5.69 Å². The molecule has 0 spiro atoms. The van der Waals surface area contributed by atoms with Crippen molar-refractivity contribution >= 4 is 11.6 Å². The van der Waals surface area contributed by atoms with Crippen molar-refractivity contribution in [2.75, 3.05) is 51.2 Å². The Morgan fingerprint density at radius 1 is 1.26 bits per heavy atom. The molecule has 7 heteroatoms. The maximum atomic E-state index is 14.0. The summed E-state index contributed by atoms with van der Waals surface area (Å²) in [7, 11) is 1.76. The van der Waals surface area contributed by atoms with Crippen LogP contribution in [0.5, 0.6) is 0 Å². The Morgan fingerprint density at radius 2 is 2.04 bits per heavy atom. The maximum absolute atomic E-state index is 14.0. The Labute approximate surface area is 161 Å². The van der Waals surface area contributed by atoms with Gasteiger partial charge in [0.15, 0.2) is 5.96 Å². The highest BCUT2D eigenvalue weighted by atomic mass is 19.1. The van der Waals surface area contributed by atoms with E-state index in [0.717, 1.165) is 64.0 Å². The standard InChI is InChI=1S/C20H33F2N5/c1-4-26(5-2)12-7-6-11-24-20(23-3)25-17-10-13-27(15-17)19-9-8-16(21)14-18(19)22/h8-9,14,17H,4-7,10-13,15H2,1-3H3,(H2,23,24,25). The van der Waals surface area contributed by atoms with Crippen LogP contribution in [0.3, 0.4) is 0 Å². The molecular weight excluding hydrogens is 348 g/mol. The van der Waals surface area contributed by atoms with E-state index in [-0.39, 0.29) is 6.04 Å². The van der Waals surface area contributed by atoms with Gasteiger partial charge in [-0.3, -0.25) is 4.99 Å². The number of nitrogens with one attached hydrogen (secondary N) is 2. The van der Waals surface area contributed by atoms with Gasteiger partial charge in [0.1, 0.15) is 11.6 Å². The second-order valence-electron chi connectivity index (χ2n) is 6.90. The molecule has 27 heavy (non-hydrogen) atoms. The average Bonchev–Trinajstić information content (AvgIpc) is 3.11. The highest BCUT2D eigenvalue weighted by Crippen LogP contribution is 2.24. The van der Waals surface area contributed by atoms with Crippen LogP contribution in [0, 0.1) is 11.6 Å². The van der Waals surface area contributed by atoms with Crippen molar-refractivity contribution in [3.05, 3.63) is 29.8 Å². The van der Waals surface area contributed by atoms with E-state index < -0.39 is 11.6 Å². The van der Waals surface area contributed by atoms with E-state index in [9.17, 15) is 8.78 Å². The fraction of sp³-hybridized carbons (Fsp3) is 0.650. The second kappa shape index (κ2) is 11.1. The Bertz CT molecular complexity index is 604. The molecule has 2 rings (SSSR count). The zero-order valence-electron chi connectivity index (χ0n) is 16.8. The zero-order valence-corrected chi connectivity index (χ0v) is 16.8. The van der Waals surface area contributed by atoms with E-state index >= 15 is 0 Å². The Kier molecular flexibility index (Phi) is 8.78. The summed E-state index contributed by atoms with van der Waals surface area (Å²) in [6.45, 7) is 9.99. The third-order valence-electron chi connectivity index (χ3n) is 5.09. The highest BCUT2D eigenvalue weighted by Gasteiger charge is 2.25. The first-order valence-corrected chi connectivity index (χ1v) is 9.96. The van der Waals surface area contributed by atoms with Crippen molar-refractivity contribution in [2.45, 2.75) is 39.2 Å². The first kappa shape index (κ1) is 21.4. The molecule has 1 atom stereocenters. The van der Waals surface area contributed by atoms with Gasteiger partial charge in [0.2, 0.25) is 0 Å². The lowest BCUT2D eigenvalue weighted by Gasteiger charge is -2.21.